The molecule has 2 heterocycles. The van der Waals surface area contributed by atoms with E-state index in [2.05, 4.69) is 93.0 Å². The van der Waals surface area contributed by atoms with E-state index in [0.29, 0.717) is 0 Å². The van der Waals surface area contributed by atoms with Gasteiger partial charge in [-0.3, -0.25) is 0 Å². The van der Waals surface area contributed by atoms with Gasteiger partial charge in [0.25, 0.3) is 0 Å². The van der Waals surface area contributed by atoms with E-state index in [1.807, 2.05) is 0 Å². The molecule has 0 bridgehead atoms. The molecule has 142 valence electrons. The van der Waals surface area contributed by atoms with Crippen LogP contribution in [0.25, 0.3) is 20.4 Å². The molecule has 5 aromatic rings. The molecule has 0 saturated carbocycles. The first-order valence-electron chi connectivity index (χ1n) is 8.66. The Morgan fingerprint density at radius 3 is 1.54 bits per heavy atom. The Labute approximate surface area is 193 Å². The van der Waals surface area contributed by atoms with Gasteiger partial charge in [0.1, 0.15) is 9.40 Å². The maximum Gasteiger partial charge on any atom is 0.226 e. The van der Waals surface area contributed by atoms with Crippen LogP contribution in [0.3, 0.4) is 0 Å². The SMILES string of the molecule is [Br-].[Br-].c1cc(C[n+]2csc3ccccc32)cc(C[n+]2csc3ccccc32)c1. The number of halogens is 2. The Morgan fingerprint density at radius 2 is 1.04 bits per heavy atom. The summed E-state index contributed by atoms with van der Waals surface area (Å²) in [6.45, 7) is 1.82. The molecule has 6 heteroatoms. The van der Waals surface area contributed by atoms with Gasteiger partial charge in [0.2, 0.25) is 22.1 Å². The lowest BCUT2D eigenvalue weighted by Gasteiger charge is -2.01. The number of hydrogen-bond donors (Lipinski definition) is 0. The van der Waals surface area contributed by atoms with Crippen molar-refractivity contribution in [3.8, 4) is 0 Å². The highest BCUT2D eigenvalue weighted by Gasteiger charge is 2.14. The van der Waals surface area contributed by atoms with Gasteiger partial charge in [0, 0.05) is 23.3 Å². The van der Waals surface area contributed by atoms with E-state index in [-0.39, 0.29) is 34.0 Å². The highest BCUT2D eigenvalue weighted by Crippen LogP contribution is 2.17. The van der Waals surface area contributed by atoms with Gasteiger partial charge >= 0.3 is 0 Å². The van der Waals surface area contributed by atoms with Crippen LogP contribution in [0.1, 0.15) is 11.1 Å². The average Bonchev–Trinajstić information content (AvgIpc) is 3.27. The van der Waals surface area contributed by atoms with E-state index >= 15 is 0 Å². The Bertz CT molecular complexity index is 1120. The number of rotatable bonds is 4. The summed E-state index contributed by atoms with van der Waals surface area (Å²) in [5.74, 6) is 0. The van der Waals surface area contributed by atoms with Crippen LogP contribution in [0.4, 0.5) is 0 Å². The summed E-state index contributed by atoms with van der Waals surface area (Å²) in [5.41, 5.74) is 9.74. The van der Waals surface area contributed by atoms with Crippen LogP contribution in [-0.4, -0.2) is 0 Å². The first kappa shape index (κ1) is 21.1. The summed E-state index contributed by atoms with van der Waals surface area (Å²) in [5, 5.41) is 0. The van der Waals surface area contributed by atoms with Crippen molar-refractivity contribution >= 4 is 43.1 Å². The van der Waals surface area contributed by atoms with E-state index in [4.69, 9.17) is 0 Å². The largest absolute Gasteiger partial charge is 1.00 e. The van der Waals surface area contributed by atoms with Gasteiger partial charge in [-0.25, -0.2) is 0 Å². The van der Waals surface area contributed by atoms with Crippen LogP contribution < -0.4 is 43.1 Å². The summed E-state index contributed by atoms with van der Waals surface area (Å²) >= 11 is 3.61. The van der Waals surface area contributed by atoms with Crippen LogP contribution in [0.15, 0.2) is 83.8 Å². The number of fused-ring (bicyclic) bond motifs is 2. The number of aromatic nitrogens is 2. The molecule has 3 aromatic carbocycles. The van der Waals surface area contributed by atoms with Crippen LogP contribution in [0, 0.1) is 0 Å². The molecule has 0 aliphatic rings. The lowest BCUT2D eigenvalue weighted by atomic mass is 10.1. The van der Waals surface area contributed by atoms with Gasteiger partial charge in [-0.1, -0.05) is 65.1 Å². The Kier molecular flexibility index (Phi) is 6.99. The maximum atomic E-state index is 2.34. The molecule has 0 aliphatic heterocycles. The zero-order chi connectivity index (χ0) is 17.3. The van der Waals surface area contributed by atoms with Gasteiger partial charge in [-0.2, -0.15) is 9.13 Å². The molecule has 0 saturated heterocycles. The standard InChI is InChI=1S/C22H18N2S2.2BrH/c1-3-10-21-19(8-1)23(15-25-21)13-17-6-5-7-18(12-17)14-24-16-26-22-11-4-2-9-20(22)24;;/h1-12,15-16H,13-14H2;2*1H/q+2;;/p-2. The fraction of sp³-hybridized carbons (Fsp3) is 0.0909. The number of thiazole rings is 2. The van der Waals surface area contributed by atoms with Gasteiger partial charge in [0.15, 0.2) is 13.1 Å². The molecule has 2 aromatic heterocycles. The normalized spacial score (nSPS) is 10.6. The molecule has 5 rings (SSSR count). The summed E-state index contributed by atoms with van der Waals surface area (Å²) in [6, 6.07) is 26.1. The molecular weight excluding hydrogens is 516 g/mol. The monoisotopic (exact) mass is 532 g/mol. The second-order valence-electron chi connectivity index (χ2n) is 6.46. The minimum atomic E-state index is 0. The Morgan fingerprint density at radius 1 is 0.571 bits per heavy atom. The van der Waals surface area contributed by atoms with Crippen molar-refractivity contribution in [2.75, 3.05) is 0 Å². The smallest absolute Gasteiger partial charge is 0.226 e. The van der Waals surface area contributed by atoms with E-state index in [0.717, 1.165) is 13.1 Å². The van der Waals surface area contributed by atoms with Gasteiger partial charge in [-0.15, -0.1) is 0 Å². The van der Waals surface area contributed by atoms with Crippen LogP contribution in [0.2, 0.25) is 0 Å². The molecule has 2 nitrogen and oxygen atoms in total. The fourth-order valence-electron chi connectivity index (χ4n) is 3.41. The molecule has 0 fully saturated rings. The Hall–Kier alpha value is -1.60. The van der Waals surface area contributed by atoms with E-state index in [9.17, 15) is 0 Å². The Balaban J connectivity index is 0.00000112. The van der Waals surface area contributed by atoms with Crippen LogP contribution in [-0.2, 0) is 13.1 Å². The van der Waals surface area contributed by atoms with Gasteiger partial charge < -0.3 is 34.0 Å². The summed E-state index contributed by atoms with van der Waals surface area (Å²) in [7, 11) is 0. The molecule has 0 spiro atoms. The summed E-state index contributed by atoms with van der Waals surface area (Å²) in [6.07, 6.45) is 0. The average molecular weight is 534 g/mol. The van der Waals surface area contributed by atoms with Crippen LogP contribution in [0.5, 0.6) is 0 Å². The second kappa shape index (κ2) is 9.27. The van der Waals surface area contributed by atoms with Crippen molar-refractivity contribution in [2.24, 2.45) is 0 Å². The molecule has 0 amide bonds. The van der Waals surface area contributed by atoms with Crippen molar-refractivity contribution in [1.29, 1.82) is 0 Å². The number of benzene rings is 3. The minimum absolute atomic E-state index is 0. The molecule has 0 radical (unpaired) electrons. The number of para-hydroxylation sites is 2. The third-order valence-electron chi connectivity index (χ3n) is 4.66. The minimum Gasteiger partial charge on any atom is -1.00 e. The van der Waals surface area contributed by atoms with Crippen molar-refractivity contribution in [3.63, 3.8) is 0 Å². The predicted molar refractivity (Wildman–Crippen MR) is 109 cm³/mol. The first-order chi connectivity index (χ1) is 12.9. The molecular formula is C22H18Br2N2S2. The molecule has 0 N–H and O–H groups in total. The quantitative estimate of drug-likeness (QED) is 0.256. The molecule has 0 aliphatic carbocycles. The lowest BCUT2D eigenvalue weighted by Crippen LogP contribution is -3.00. The predicted octanol–water partition coefficient (Wildman–Crippen LogP) is -1.20. The van der Waals surface area contributed by atoms with Crippen molar-refractivity contribution in [2.45, 2.75) is 13.1 Å². The second-order valence-corrected chi connectivity index (χ2v) is 8.23. The maximum absolute atomic E-state index is 2.34. The highest BCUT2D eigenvalue weighted by atomic mass is 79.9. The van der Waals surface area contributed by atoms with Gasteiger partial charge in [0.05, 0.1) is 0 Å². The van der Waals surface area contributed by atoms with E-state index in [1.54, 1.807) is 22.7 Å². The summed E-state index contributed by atoms with van der Waals surface area (Å²) in [4.78, 5) is 0. The van der Waals surface area contributed by atoms with Crippen molar-refractivity contribution < 1.29 is 43.1 Å². The topological polar surface area (TPSA) is 7.76 Å². The van der Waals surface area contributed by atoms with E-state index in [1.165, 1.54) is 31.6 Å². The molecule has 0 atom stereocenters. The van der Waals surface area contributed by atoms with Gasteiger partial charge in [-0.05, 0) is 18.2 Å². The zero-order valence-electron chi connectivity index (χ0n) is 15.0. The zero-order valence-corrected chi connectivity index (χ0v) is 19.8. The lowest BCUT2D eigenvalue weighted by molar-refractivity contribution is -0.659. The third-order valence-corrected chi connectivity index (χ3v) is 6.58. The van der Waals surface area contributed by atoms with Crippen molar-refractivity contribution in [1.82, 2.24) is 0 Å². The first-order valence-corrected chi connectivity index (χ1v) is 10.4. The number of hydrogen-bond acceptors (Lipinski definition) is 2. The molecule has 0 unspecified atom stereocenters. The van der Waals surface area contributed by atoms with Crippen molar-refractivity contribution in [3.05, 3.63) is 94.9 Å². The number of nitrogens with zero attached hydrogens (tertiary/aromatic N) is 2. The fourth-order valence-corrected chi connectivity index (χ4v) is 5.19. The highest BCUT2D eigenvalue weighted by molar-refractivity contribution is 7.16. The summed E-state index contributed by atoms with van der Waals surface area (Å²) < 4.78 is 7.35. The van der Waals surface area contributed by atoms with E-state index < -0.39 is 0 Å². The third kappa shape index (κ3) is 4.20. The molecule has 28 heavy (non-hydrogen) atoms. The van der Waals surface area contributed by atoms with Crippen LogP contribution >= 0.6 is 22.7 Å².